The number of anilines is 1. The number of amides is 1. The lowest BCUT2D eigenvalue weighted by molar-refractivity contribution is -0.134. The number of para-hydroxylation sites is 1. The number of sulfone groups is 1. The lowest BCUT2D eigenvalue weighted by Crippen LogP contribution is -2.45. The Morgan fingerprint density at radius 3 is 2.58 bits per heavy atom. The monoisotopic (exact) mass is 518 g/mol. The molecule has 8 nitrogen and oxygen atoms in total. The van der Waals surface area contributed by atoms with E-state index in [1.54, 1.807) is 6.92 Å². The molecule has 1 aromatic carbocycles. The number of aryl methyl sites for hydroxylation is 1. The number of nitrogens with zero attached hydrogens (tertiary/aromatic N) is 3. The fraction of sp³-hybridized carbons (Fsp3) is 0.560. The standard InChI is InChI=1S/C25H28F2N4O4S/c1-16-29-21(18-4-2-3-5-20(18)31-10-12-36(33,34)13-11-31)22(35-16)17-6-7-25(26,27)14-19(17)23(32)30-24(15-28)8-9-24/h2-5,17,19H,6-14H2,1H3,(H,30,32)/t17-,19-/m1/s1. The summed E-state index contributed by atoms with van der Waals surface area (Å²) in [4.78, 5) is 19.8. The molecular formula is C25H28F2N4O4S. The first-order valence-electron chi connectivity index (χ1n) is 12.1. The van der Waals surface area contributed by atoms with E-state index < -0.39 is 45.5 Å². The summed E-state index contributed by atoms with van der Waals surface area (Å²) in [5.41, 5.74) is 1.00. The molecule has 1 amide bonds. The third kappa shape index (κ3) is 4.83. The second-order valence-electron chi connectivity index (χ2n) is 10.1. The van der Waals surface area contributed by atoms with E-state index in [9.17, 15) is 27.3 Å². The highest BCUT2D eigenvalue weighted by molar-refractivity contribution is 7.91. The number of alkyl halides is 2. The van der Waals surface area contributed by atoms with Crippen molar-refractivity contribution in [1.82, 2.24) is 10.3 Å². The minimum atomic E-state index is -3.08. The fourth-order valence-corrected chi connectivity index (χ4v) is 6.43. The van der Waals surface area contributed by atoms with Gasteiger partial charge in [-0.15, -0.1) is 0 Å². The van der Waals surface area contributed by atoms with Gasteiger partial charge in [0.15, 0.2) is 15.7 Å². The molecular weight excluding hydrogens is 490 g/mol. The largest absolute Gasteiger partial charge is 0.445 e. The van der Waals surface area contributed by atoms with Crippen LogP contribution in [0.25, 0.3) is 11.3 Å². The first-order valence-corrected chi connectivity index (χ1v) is 14.0. The van der Waals surface area contributed by atoms with Crippen molar-refractivity contribution in [2.24, 2.45) is 5.92 Å². The minimum absolute atomic E-state index is 0.0381. The normalized spacial score (nSPS) is 26.1. The maximum Gasteiger partial charge on any atom is 0.249 e. The second-order valence-corrected chi connectivity index (χ2v) is 12.4. The zero-order valence-corrected chi connectivity index (χ0v) is 20.8. The SMILES string of the molecule is Cc1nc(-c2ccccc2N2CCS(=O)(=O)CC2)c([C@@H]2CCC(F)(F)C[C@H]2C(=O)NC2(C#N)CC2)o1. The van der Waals surface area contributed by atoms with Crippen LogP contribution in [0.2, 0.25) is 0 Å². The Morgan fingerprint density at radius 2 is 1.92 bits per heavy atom. The maximum atomic E-state index is 14.5. The Bertz CT molecular complexity index is 1320. The van der Waals surface area contributed by atoms with Crippen LogP contribution in [-0.2, 0) is 14.6 Å². The van der Waals surface area contributed by atoms with Gasteiger partial charge in [-0.1, -0.05) is 18.2 Å². The van der Waals surface area contributed by atoms with E-state index in [2.05, 4.69) is 16.4 Å². The third-order valence-corrected chi connectivity index (χ3v) is 9.04. The van der Waals surface area contributed by atoms with Crippen molar-refractivity contribution in [2.75, 3.05) is 29.5 Å². The third-order valence-electron chi connectivity index (χ3n) is 7.43. The van der Waals surface area contributed by atoms with Gasteiger partial charge in [0.1, 0.15) is 17.0 Å². The first kappa shape index (κ1) is 24.7. The van der Waals surface area contributed by atoms with Gasteiger partial charge < -0.3 is 14.6 Å². The molecule has 1 N–H and O–H groups in total. The van der Waals surface area contributed by atoms with Crippen LogP contribution in [0.15, 0.2) is 28.7 Å². The van der Waals surface area contributed by atoms with Gasteiger partial charge in [0.25, 0.3) is 0 Å². The minimum Gasteiger partial charge on any atom is -0.445 e. The summed E-state index contributed by atoms with van der Waals surface area (Å²) in [7, 11) is -3.08. The highest BCUT2D eigenvalue weighted by Crippen LogP contribution is 2.49. The molecule has 2 saturated carbocycles. The van der Waals surface area contributed by atoms with Crippen LogP contribution >= 0.6 is 0 Å². The van der Waals surface area contributed by atoms with Gasteiger partial charge in [-0.25, -0.2) is 22.2 Å². The maximum absolute atomic E-state index is 14.5. The first-order chi connectivity index (χ1) is 17.0. The van der Waals surface area contributed by atoms with Crippen molar-refractivity contribution in [3.8, 4) is 17.3 Å². The van der Waals surface area contributed by atoms with Gasteiger partial charge in [-0.05, 0) is 25.3 Å². The number of carbonyl (C=O) groups is 1. The summed E-state index contributed by atoms with van der Waals surface area (Å²) < 4.78 is 58.9. The van der Waals surface area contributed by atoms with Gasteiger partial charge in [0, 0.05) is 50.0 Å². The second kappa shape index (κ2) is 8.83. The molecule has 11 heteroatoms. The van der Waals surface area contributed by atoms with E-state index in [0.29, 0.717) is 48.8 Å². The number of hydrogen-bond acceptors (Lipinski definition) is 7. The number of carbonyl (C=O) groups excluding carboxylic acids is 1. The zero-order chi connectivity index (χ0) is 25.7. The topological polar surface area (TPSA) is 116 Å². The van der Waals surface area contributed by atoms with Crippen molar-refractivity contribution >= 4 is 21.4 Å². The predicted molar refractivity (Wildman–Crippen MR) is 128 cm³/mol. The fourth-order valence-electron chi connectivity index (χ4n) is 5.23. The summed E-state index contributed by atoms with van der Waals surface area (Å²) in [6.45, 7) is 2.34. The Kier molecular flexibility index (Phi) is 6.06. The number of halogens is 2. The van der Waals surface area contributed by atoms with E-state index in [1.165, 1.54) is 0 Å². The Morgan fingerprint density at radius 1 is 1.22 bits per heavy atom. The molecule has 1 aliphatic heterocycles. The molecule has 1 saturated heterocycles. The predicted octanol–water partition coefficient (Wildman–Crippen LogP) is 3.58. The van der Waals surface area contributed by atoms with E-state index in [4.69, 9.17) is 4.42 Å². The number of nitrogens with one attached hydrogen (secondary N) is 1. The molecule has 0 unspecified atom stereocenters. The van der Waals surface area contributed by atoms with Crippen molar-refractivity contribution in [3.05, 3.63) is 35.9 Å². The van der Waals surface area contributed by atoms with Crippen LogP contribution in [0.1, 0.15) is 49.7 Å². The van der Waals surface area contributed by atoms with Crippen LogP contribution in [0.5, 0.6) is 0 Å². The summed E-state index contributed by atoms with van der Waals surface area (Å²) in [6, 6.07) is 9.49. The summed E-state index contributed by atoms with van der Waals surface area (Å²) in [5.74, 6) is -4.44. The molecule has 3 aliphatic rings. The molecule has 2 atom stereocenters. The van der Waals surface area contributed by atoms with Crippen molar-refractivity contribution in [3.63, 3.8) is 0 Å². The number of nitriles is 1. The molecule has 2 aromatic rings. The lowest BCUT2D eigenvalue weighted by atomic mass is 9.74. The van der Waals surface area contributed by atoms with Gasteiger partial charge in [0.2, 0.25) is 11.8 Å². The number of aromatic nitrogens is 1. The van der Waals surface area contributed by atoms with Gasteiger partial charge in [-0.2, -0.15) is 5.26 Å². The smallest absolute Gasteiger partial charge is 0.249 e. The summed E-state index contributed by atoms with van der Waals surface area (Å²) in [5, 5.41) is 12.1. The van der Waals surface area contributed by atoms with Crippen LogP contribution in [0.3, 0.4) is 0 Å². The molecule has 0 radical (unpaired) electrons. The van der Waals surface area contributed by atoms with Gasteiger partial charge in [0.05, 0.1) is 23.5 Å². The molecule has 2 heterocycles. The van der Waals surface area contributed by atoms with Crippen molar-refractivity contribution in [1.29, 1.82) is 5.26 Å². The zero-order valence-electron chi connectivity index (χ0n) is 20.0. The molecule has 5 rings (SSSR count). The molecule has 192 valence electrons. The Labute approximate surface area is 208 Å². The average molecular weight is 519 g/mol. The van der Waals surface area contributed by atoms with Crippen LogP contribution in [-0.4, -0.2) is 55.4 Å². The Balaban J connectivity index is 1.51. The van der Waals surface area contributed by atoms with Crippen LogP contribution < -0.4 is 10.2 Å². The lowest BCUT2D eigenvalue weighted by Gasteiger charge is -2.35. The van der Waals surface area contributed by atoms with E-state index >= 15 is 0 Å². The molecule has 0 spiro atoms. The number of oxazole rings is 1. The van der Waals surface area contributed by atoms with Gasteiger partial charge >= 0.3 is 0 Å². The van der Waals surface area contributed by atoms with Crippen LogP contribution in [0.4, 0.5) is 14.5 Å². The van der Waals surface area contributed by atoms with E-state index in [-0.39, 0.29) is 24.3 Å². The highest BCUT2D eigenvalue weighted by Gasteiger charge is 2.51. The van der Waals surface area contributed by atoms with Crippen LogP contribution in [0, 0.1) is 24.2 Å². The summed E-state index contributed by atoms with van der Waals surface area (Å²) in [6.07, 6.45) is 0.0467. The van der Waals surface area contributed by atoms with E-state index in [0.717, 1.165) is 5.69 Å². The molecule has 3 fully saturated rings. The van der Waals surface area contributed by atoms with Crippen molar-refractivity contribution in [2.45, 2.75) is 56.4 Å². The molecule has 2 aliphatic carbocycles. The number of benzene rings is 1. The highest BCUT2D eigenvalue weighted by atomic mass is 32.2. The van der Waals surface area contributed by atoms with Crippen molar-refractivity contribution < 1.29 is 26.4 Å². The van der Waals surface area contributed by atoms with E-state index in [1.807, 2.05) is 29.2 Å². The average Bonchev–Trinajstić information content (AvgIpc) is 3.50. The number of hydrogen-bond donors (Lipinski definition) is 1. The Hall–Kier alpha value is -3.00. The summed E-state index contributed by atoms with van der Waals surface area (Å²) >= 11 is 0. The van der Waals surface area contributed by atoms with Gasteiger partial charge in [-0.3, -0.25) is 4.79 Å². The number of rotatable bonds is 5. The molecule has 36 heavy (non-hydrogen) atoms. The molecule has 0 bridgehead atoms. The quantitative estimate of drug-likeness (QED) is 0.643. The molecule has 1 aromatic heterocycles.